The monoisotopic (exact) mass is 290 g/mol. The van der Waals surface area contributed by atoms with Gasteiger partial charge in [0.2, 0.25) is 5.91 Å². The third kappa shape index (κ3) is 4.74. The molecule has 1 aliphatic carbocycles. The second kappa shape index (κ2) is 8.03. The highest BCUT2D eigenvalue weighted by Gasteiger charge is 2.23. The van der Waals surface area contributed by atoms with Crippen molar-refractivity contribution in [1.82, 2.24) is 5.32 Å². The highest BCUT2D eigenvalue weighted by molar-refractivity contribution is 5.76. The Morgan fingerprint density at radius 1 is 1.33 bits per heavy atom. The standard InChI is InChI=1S/C17H26N2O2/c1-21-16-9-5-3-6-13(16)10-11-19-17(20)12-14-7-2-4-8-15(14)18/h3,5-6,9,14-15H,2,4,7-8,10-12,18H2,1H3,(H,19,20). The first kappa shape index (κ1) is 15.8. The second-order valence-corrected chi connectivity index (χ2v) is 5.82. The van der Waals surface area contributed by atoms with Gasteiger partial charge in [0, 0.05) is 19.0 Å². The van der Waals surface area contributed by atoms with Crippen molar-refractivity contribution >= 4 is 5.91 Å². The van der Waals surface area contributed by atoms with Crippen LogP contribution in [-0.2, 0) is 11.2 Å². The Kier molecular flexibility index (Phi) is 6.05. The van der Waals surface area contributed by atoms with Gasteiger partial charge in [-0.2, -0.15) is 0 Å². The predicted molar refractivity (Wildman–Crippen MR) is 84.3 cm³/mol. The molecule has 0 heterocycles. The quantitative estimate of drug-likeness (QED) is 0.844. The van der Waals surface area contributed by atoms with Crippen LogP contribution in [0.4, 0.5) is 0 Å². The molecule has 0 saturated heterocycles. The topological polar surface area (TPSA) is 64.3 Å². The predicted octanol–water partition coefficient (Wildman–Crippen LogP) is 2.26. The Morgan fingerprint density at radius 3 is 2.86 bits per heavy atom. The number of amides is 1. The SMILES string of the molecule is COc1ccccc1CCNC(=O)CC1CCCCC1N. The van der Waals surface area contributed by atoms with Crippen molar-refractivity contribution in [3.8, 4) is 5.75 Å². The minimum absolute atomic E-state index is 0.118. The van der Waals surface area contributed by atoms with Crippen LogP contribution < -0.4 is 15.8 Å². The van der Waals surface area contributed by atoms with E-state index in [2.05, 4.69) is 5.32 Å². The van der Waals surface area contributed by atoms with Crippen molar-refractivity contribution in [2.45, 2.75) is 44.6 Å². The maximum Gasteiger partial charge on any atom is 0.220 e. The van der Waals surface area contributed by atoms with E-state index < -0.39 is 0 Å². The van der Waals surface area contributed by atoms with Gasteiger partial charge in [0.05, 0.1) is 7.11 Å². The van der Waals surface area contributed by atoms with E-state index in [0.717, 1.165) is 30.6 Å². The average molecular weight is 290 g/mol. The van der Waals surface area contributed by atoms with E-state index in [1.807, 2.05) is 24.3 Å². The van der Waals surface area contributed by atoms with Crippen LogP contribution in [-0.4, -0.2) is 25.6 Å². The van der Waals surface area contributed by atoms with E-state index >= 15 is 0 Å². The van der Waals surface area contributed by atoms with Crippen LogP contribution in [0.1, 0.15) is 37.7 Å². The van der Waals surface area contributed by atoms with Gasteiger partial charge < -0.3 is 15.8 Å². The summed E-state index contributed by atoms with van der Waals surface area (Å²) in [6.07, 6.45) is 5.89. The van der Waals surface area contributed by atoms with E-state index in [4.69, 9.17) is 10.5 Å². The third-order valence-electron chi connectivity index (χ3n) is 4.32. The normalized spacial score (nSPS) is 21.8. The summed E-state index contributed by atoms with van der Waals surface area (Å²) in [4.78, 5) is 12.0. The first-order valence-corrected chi connectivity index (χ1v) is 7.85. The van der Waals surface area contributed by atoms with Crippen LogP contribution in [0.2, 0.25) is 0 Å². The number of hydrogen-bond donors (Lipinski definition) is 2. The molecule has 1 amide bonds. The van der Waals surface area contributed by atoms with Gasteiger partial charge in [-0.05, 0) is 36.8 Å². The van der Waals surface area contributed by atoms with E-state index in [1.165, 1.54) is 12.8 Å². The summed E-state index contributed by atoms with van der Waals surface area (Å²) < 4.78 is 5.31. The molecule has 2 unspecified atom stereocenters. The lowest BCUT2D eigenvalue weighted by Crippen LogP contribution is -2.37. The molecule has 2 rings (SSSR count). The smallest absolute Gasteiger partial charge is 0.220 e. The molecule has 4 heteroatoms. The van der Waals surface area contributed by atoms with Crippen LogP contribution >= 0.6 is 0 Å². The molecule has 1 fully saturated rings. The minimum atomic E-state index is 0.118. The summed E-state index contributed by atoms with van der Waals surface area (Å²) in [5, 5.41) is 3.00. The molecule has 0 aromatic heterocycles. The molecule has 4 nitrogen and oxygen atoms in total. The molecule has 1 saturated carbocycles. The van der Waals surface area contributed by atoms with Gasteiger partial charge >= 0.3 is 0 Å². The van der Waals surface area contributed by atoms with Crippen LogP contribution in [0, 0.1) is 5.92 Å². The summed E-state index contributed by atoms with van der Waals surface area (Å²) in [6, 6.07) is 8.10. The molecule has 1 aliphatic rings. The number of carbonyl (C=O) groups excluding carboxylic acids is 1. The molecule has 1 aromatic carbocycles. The molecular formula is C17H26N2O2. The number of rotatable bonds is 6. The maximum absolute atomic E-state index is 12.0. The Balaban J connectivity index is 1.74. The summed E-state index contributed by atoms with van der Waals surface area (Å²) in [7, 11) is 1.67. The number of methoxy groups -OCH3 is 1. The van der Waals surface area contributed by atoms with Crippen LogP contribution in [0.15, 0.2) is 24.3 Å². The van der Waals surface area contributed by atoms with Crippen LogP contribution in [0.25, 0.3) is 0 Å². The fourth-order valence-electron chi connectivity index (χ4n) is 3.05. The van der Waals surface area contributed by atoms with E-state index in [1.54, 1.807) is 7.11 Å². The largest absolute Gasteiger partial charge is 0.496 e. The lowest BCUT2D eigenvalue weighted by molar-refractivity contribution is -0.122. The average Bonchev–Trinajstić information content (AvgIpc) is 2.50. The molecule has 0 aliphatic heterocycles. The summed E-state index contributed by atoms with van der Waals surface area (Å²) in [6.45, 7) is 0.640. The fourth-order valence-corrected chi connectivity index (χ4v) is 3.05. The van der Waals surface area contributed by atoms with Crippen molar-refractivity contribution in [1.29, 1.82) is 0 Å². The van der Waals surface area contributed by atoms with Gasteiger partial charge in [-0.1, -0.05) is 31.0 Å². The molecule has 2 atom stereocenters. The van der Waals surface area contributed by atoms with Crippen molar-refractivity contribution in [2.24, 2.45) is 11.7 Å². The zero-order chi connectivity index (χ0) is 15.1. The maximum atomic E-state index is 12.0. The number of ether oxygens (including phenoxy) is 1. The highest BCUT2D eigenvalue weighted by Crippen LogP contribution is 2.25. The van der Waals surface area contributed by atoms with Crippen molar-refractivity contribution in [3.63, 3.8) is 0 Å². The molecule has 1 aromatic rings. The van der Waals surface area contributed by atoms with Crippen molar-refractivity contribution in [3.05, 3.63) is 29.8 Å². The molecule has 116 valence electrons. The molecule has 3 N–H and O–H groups in total. The van der Waals surface area contributed by atoms with Gasteiger partial charge in [0.15, 0.2) is 0 Å². The number of carbonyl (C=O) groups is 1. The summed E-state index contributed by atoms with van der Waals surface area (Å²) in [5.74, 6) is 1.35. The first-order valence-electron chi connectivity index (χ1n) is 7.85. The van der Waals surface area contributed by atoms with E-state index in [0.29, 0.717) is 18.9 Å². The van der Waals surface area contributed by atoms with Crippen LogP contribution in [0.5, 0.6) is 5.75 Å². The number of hydrogen-bond acceptors (Lipinski definition) is 3. The van der Waals surface area contributed by atoms with Crippen molar-refractivity contribution < 1.29 is 9.53 Å². The zero-order valence-corrected chi connectivity index (χ0v) is 12.8. The summed E-state index contributed by atoms with van der Waals surface area (Å²) in [5.41, 5.74) is 7.21. The summed E-state index contributed by atoms with van der Waals surface area (Å²) >= 11 is 0. The molecule has 21 heavy (non-hydrogen) atoms. The van der Waals surface area contributed by atoms with E-state index in [-0.39, 0.29) is 11.9 Å². The zero-order valence-electron chi connectivity index (χ0n) is 12.8. The Bertz CT molecular complexity index is 462. The highest BCUT2D eigenvalue weighted by atomic mass is 16.5. The second-order valence-electron chi connectivity index (χ2n) is 5.82. The molecular weight excluding hydrogens is 264 g/mol. The fraction of sp³-hybridized carbons (Fsp3) is 0.588. The number of nitrogens with one attached hydrogen (secondary N) is 1. The minimum Gasteiger partial charge on any atom is -0.496 e. The van der Waals surface area contributed by atoms with Crippen LogP contribution in [0.3, 0.4) is 0 Å². The van der Waals surface area contributed by atoms with Crippen molar-refractivity contribution in [2.75, 3.05) is 13.7 Å². The molecule has 0 spiro atoms. The Labute approximate surface area is 127 Å². The first-order chi connectivity index (χ1) is 10.2. The number of nitrogens with two attached hydrogens (primary N) is 1. The lowest BCUT2D eigenvalue weighted by atomic mass is 9.83. The Hall–Kier alpha value is -1.55. The van der Waals surface area contributed by atoms with Gasteiger partial charge in [-0.25, -0.2) is 0 Å². The van der Waals surface area contributed by atoms with Gasteiger partial charge in [0.25, 0.3) is 0 Å². The van der Waals surface area contributed by atoms with Gasteiger partial charge in [-0.15, -0.1) is 0 Å². The molecule has 0 radical (unpaired) electrons. The van der Waals surface area contributed by atoms with Gasteiger partial charge in [0.1, 0.15) is 5.75 Å². The van der Waals surface area contributed by atoms with Gasteiger partial charge in [-0.3, -0.25) is 4.79 Å². The van der Waals surface area contributed by atoms with E-state index in [9.17, 15) is 4.79 Å². The molecule has 0 bridgehead atoms. The lowest BCUT2D eigenvalue weighted by Gasteiger charge is -2.27. The third-order valence-corrected chi connectivity index (χ3v) is 4.32. The Morgan fingerprint density at radius 2 is 2.10 bits per heavy atom. The number of para-hydroxylation sites is 1. The number of benzene rings is 1.